The molecule has 2 rings (SSSR count). The molecule has 0 spiro atoms. The maximum absolute atomic E-state index is 11.1. The van der Waals surface area contributed by atoms with Crippen molar-refractivity contribution in [2.45, 2.75) is 31.7 Å². The Morgan fingerprint density at radius 3 is 3.14 bits per heavy atom. The highest BCUT2D eigenvalue weighted by Gasteiger charge is 2.49. The van der Waals surface area contributed by atoms with Crippen molar-refractivity contribution in [1.82, 2.24) is 10.2 Å². The van der Waals surface area contributed by atoms with Gasteiger partial charge >= 0.3 is 0 Å². The van der Waals surface area contributed by atoms with E-state index in [0.29, 0.717) is 12.5 Å². The van der Waals surface area contributed by atoms with Crippen molar-refractivity contribution in [2.75, 3.05) is 13.1 Å². The van der Waals surface area contributed by atoms with Gasteiger partial charge in [-0.05, 0) is 12.8 Å². The van der Waals surface area contributed by atoms with Crippen LogP contribution in [0.25, 0.3) is 0 Å². The van der Waals surface area contributed by atoms with E-state index in [9.17, 15) is 4.79 Å². The van der Waals surface area contributed by atoms with Gasteiger partial charge in [0.2, 0.25) is 5.91 Å². The number of likely N-dealkylation sites (tertiary alicyclic amines) is 1. The quantitative estimate of drug-likeness (QED) is 0.615. The summed E-state index contributed by atoms with van der Waals surface area (Å²) in [4.78, 5) is 12.9. The smallest absolute Gasteiger partial charge is 0.217 e. The summed E-state index contributed by atoms with van der Waals surface area (Å²) < 4.78 is 0. The number of hydrogen-bond donors (Lipinski definition) is 1. The minimum absolute atomic E-state index is 0.0247. The predicted molar refractivity (Wildman–Crippen MR) is 51.1 cm³/mol. The van der Waals surface area contributed by atoms with Gasteiger partial charge in [-0.25, -0.2) is 0 Å². The summed E-state index contributed by atoms with van der Waals surface area (Å²) in [6.45, 7) is 3.07. The zero-order valence-corrected chi connectivity index (χ0v) is 8.42. The third-order valence-electron chi connectivity index (χ3n) is 3.44. The lowest BCUT2D eigenvalue weighted by Crippen LogP contribution is -2.51. The molecule has 0 aromatic rings. The van der Waals surface area contributed by atoms with Crippen LogP contribution in [0.4, 0.5) is 0 Å². The Morgan fingerprint density at radius 1 is 1.71 bits per heavy atom. The van der Waals surface area contributed by atoms with Crippen LogP contribution >= 0.6 is 0 Å². The summed E-state index contributed by atoms with van der Waals surface area (Å²) in [5.41, 5.74) is -0.0957. The molecule has 2 aliphatic rings. The lowest BCUT2D eigenvalue weighted by molar-refractivity contribution is -0.121. The number of carbonyl (C=O) groups excluding carboxylic acids is 1. The Hall–Kier alpha value is -1.24. The van der Waals surface area contributed by atoms with E-state index in [2.05, 4.69) is 11.5 Å². The number of nitrogens with one attached hydrogen (secondary N) is 1. The lowest BCUT2D eigenvalue weighted by atomic mass is 9.90. The second-order valence-corrected chi connectivity index (χ2v) is 4.41. The van der Waals surface area contributed by atoms with E-state index in [1.807, 2.05) is 0 Å². The first kappa shape index (κ1) is 9.32. The van der Waals surface area contributed by atoms with E-state index in [0.717, 1.165) is 19.4 Å². The lowest BCUT2D eigenvalue weighted by Gasteiger charge is -2.28. The minimum atomic E-state index is -0.0957. The van der Waals surface area contributed by atoms with E-state index in [4.69, 9.17) is 5.26 Å². The fourth-order valence-electron chi connectivity index (χ4n) is 2.92. The van der Waals surface area contributed by atoms with Gasteiger partial charge < -0.3 is 10.2 Å². The van der Waals surface area contributed by atoms with Crippen molar-refractivity contribution in [3.05, 3.63) is 0 Å². The standard InChI is InChI=1S/C10H15N3O/c1-8(14)12-10-4-2-3-9(10)5-13(6-10)7-11/h9H,2-6H2,1H3,(H,12,14). The molecule has 1 aliphatic heterocycles. The SMILES string of the molecule is CC(=O)NC12CCCC1CN(C#N)C2. The van der Waals surface area contributed by atoms with Gasteiger partial charge in [0.05, 0.1) is 12.1 Å². The maximum atomic E-state index is 11.1. The molecule has 2 fully saturated rings. The molecule has 4 heteroatoms. The Morgan fingerprint density at radius 2 is 2.50 bits per heavy atom. The van der Waals surface area contributed by atoms with Crippen LogP contribution in [0.3, 0.4) is 0 Å². The zero-order chi connectivity index (χ0) is 10.2. The molecule has 1 saturated carbocycles. The third kappa shape index (κ3) is 1.33. The molecule has 2 unspecified atom stereocenters. The van der Waals surface area contributed by atoms with Gasteiger partial charge in [0.1, 0.15) is 0 Å². The Kier molecular flexibility index (Phi) is 2.10. The van der Waals surface area contributed by atoms with Crippen molar-refractivity contribution in [2.24, 2.45) is 5.92 Å². The number of rotatable bonds is 1. The van der Waals surface area contributed by atoms with E-state index in [1.165, 1.54) is 6.42 Å². The van der Waals surface area contributed by atoms with Gasteiger partial charge in [-0.1, -0.05) is 6.42 Å². The van der Waals surface area contributed by atoms with Gasteiger partial charge in [0, 0.05) is 19.4 Å². The number of amides is 1. The molecule has 1 aliphatic carbocycles. The van der Waals surface area contributed by atoms with Crippen LogP contribution in [0.5, 0.6) is 0 Å². The summed E-state index contributed by atoms with van der Waals surface area (Å²) in [5, 5.41) is 11.9. The Balaban J connectivity index is 2.15. The van der Waals surface area contributed by atoms with Gasteiger partial charge in [-0.2, -0.15) is 5.26 Å². The number of hydrogen-bond acceptors (Lipinski definition) is 3. The molecule has 76 valence electrons. The molecule has 1 N–H and O–H groups in total. The van der Waals surface area contributed by atoms with Crippen LogP contribution in [0.2, 0.25) is 0 Å². The molecule has 0 aromatic heterocycles. The maximum Gasteiger partial charge on any atom is 0.217 e. The van der Waals surface area contributed by atoms with Crippen LogP contribution in [-0.2, 0) is 4.79 Å². The van der Waals surface area contributed by atoms with Crippen LogP contribution in [0.15, 0.2) is 0 Å². The first-order valence-electron chi connectivity index (χ1n) is 5.10. The Labute approximate surface area is 83.9 Å². The monoisotopic (exact) mass is 193 g/mol. The van der Waals surface area contributed by atoms with Gasteiger partial charge in [-0.15, -0.1) is 0 Å². The second-order valence-electron chi connectivity index (χ2n) is 4.41. The van der Waals surface area contributed by atoms with Crippen LogP contribution in [0, 0.1) is 17.4 Å². The van der Waals surface area contributed by atoms with Crippen LogP contribution < -0.4 is 5.32 Å². The van der Waals surface area contributed by atoms with E-state index in [1.54, 1.807) is 11.8 Å². The zero-order valence-electron chi connectivity index (χ0n) is 8.42. The average molecular weight is 193 g/mol. The van der Waals surface area contributed by atoms with Crippen LogP contribution in [0.1, 0.15) is 26.2 Å². The fourth-order valence-corrected chi connectivity index (χ4v) is 2.92. The highest BCUT2D eigenvalue weighted by Crippen LogP contribution is 2.41. The van der Waals surface area contributed by atoms with Gasteiger partial charge in [-0.3, -0.25) is 4.79 Å². The van der Waals surface area contributed by atoms with Gasteiger partial charge in [0.15, 0.2) is 6.19 Å². The first-order chi connectivity index (χ1) is 6.66. The average Bonchev–Trinajstić information content (AvgIpc) is 2.58. The number of nitriles is 1. The number of carbonyl (C=O) groups is 1. The van der Waals surface area contributed by atoms with E-state index >= 15 is 0 Å². The third-order valence-corrected chi connectivity index (χ3v) is 3.44. The Bertz CT molecular complexity index is 296. The topological polar surface area (TPSA) is 56.1 Å². The molecule has 1 heterocycles. The highest BCUT2D eigenvalue weighted by atomic mass is 16.1. The van der Waals surface area contributed by atoms with Crippen LogP contribution in [-0.4, -0.2) is 29.4 Å². The van der Waals surface area contributed by atoms with Crippen molar-refractivity contribution >= 4 is 5.91 Å². The van der Waals surface area contributed by atoms with E-state index in [-0.39, 0.29) is 11.4 Å². The predicted octanol–water partition coefficient (Wildman–Crippen LogP) is 0.458. The summed E-state index contributed by atoms with van der Waals surface area (Å²) in [7, 11) is 0. The number of nitrogens with zero attached hydrogens (tertiary/aromatic N) is 2. The molecule has 1 amide bonds. The highest BCUT2D eigenvalue weighted by molar-refractivity contribution is 5.74. The molecular weight excluding hydrogens is 178 g/mol. The molecule has 1 saturated heterocycles. The molecule has 4 nitrogen and oxygen atoms in total. The summed E-state index contributed by atoms with van der Waals surface area (Å²) in [6, 6.07) is 0. The molecule has 2 atom stereocenters. The summed E-state index contributed by atoms with van der Waals surface area (Å²) in [6.07, 6.45) is 5.50. The normalized spacial score (nSPS) is 35.1. The van der Waals surface area contributed by atoms with Crippen molar-refractivity contribution in [3.63, 3.8) is 0 Å². The second kappa shape index (κ2) is 3.16. The molecule has 0 radical (unpaired) electrons. The van der Waals surface area contributed by atoms with Crippen molar-refractivity contribution in [3.8, 4) is 6.19 Å². The van der Waals surface area contributed by atoms with Gasteiger partial charge in [0.25, 0.3) is 0 Å². The van der Waals surface area contributed by atoms with Crippen molar-refractivity contribution in [1.29, 1.82) is 5.26 Å². The molecule has 14 heavy (non-hydrogen) atoms. The number of fused-ring (bicyclic) bond motifs is 1. The molecular formula is C10H15N3O. The fraction of sp³-hybridized carbons (Fsp3) is 0.800. The summed E-state index contributed by atoms with van der Waals surface area (Å²) in [5.74, 6) is 0.503. The van der Waals surface area contributed by atoms with E-state index < -0.39 is 0 Å². The van der Waals surface area contributed by atoms with Crippen molar-refractivity contribution < 1.29 is 4.79 Å². The molecule has 0 bridgehead atoms. The minimum Gasteiger partial charge on any atom is -0.349 e. The summed E-state index contributed by atoms with van der Waals surface area (Å²) >= 11 is 0. The first-order valence-corrected chi connectivity index (χ1v) is 5.10. The molecule has 0 aromatic carbocycles. The largest absolute Gasteiger partial charge is 0.349 e.